The highest BCUT2D eigenvalue weighted by molar-refractivity contribution is 14.1. The Hall–Kier alpha value is -0.510. The predicted octanol–water partition coefficient (Wildman–Crippen LogP) is 6.43. The maximum atomic E-state index is 6.32. The maximum absolute atomic E-state index is 6.32. The highest BCUT2D eigenvalue weighted by Gasteiger charge is 2.37. The van der Waals surface area contributed by atoms with E-state index in [0.29, 0.717) is 13.2 Å². The van der Waals surface area contributed by atoms with Crippen molar-refractivity contribution >= 4 is 22.6 Å². The second-order valence-corrected chi connectivity index (χ2v) is 11.3. The molecule has 0 spiro atoms. The van der Waals surface area contributed by atoms with E-state index in [1.54, 1.807) is 0 Å². The van der Waals surface area contributed by atoms with E-state index in [0.717, 1.165) is 36.5 Å². The van der Waals surface area contributed by atoms with Gasteiger partial charge in [-0.3, -0.25) is 0 Å². The lowest BCUT2D eigenvalue weighted by Crippen LogP contribution is -2.45. The van der Waals surface area contributed by atoms with Gasteiger partial charge in [0, 0.05) is 29.3 Å². The van der Waals surface area contributed by atoms with Gasteiger partial charge in [-0.15, -0.1) is 0 Å². The van der Waals surface area contributed by atoms with Crippen molar-refractivity contribution in [3.05, 3.63) is 48.0 Å². The van der Waals surface area contributed by atoms with Crippen molar-refractivity contribution in [1.29, 1.82) is 0 Å². The molecule has 6 atom stereocenters. The highest BCUT2D eigenvalue weighted by Crippen LogP contribution is 2.34. The molecule has 2 saturated heterocycles. The lowest BCUT2D eigenvalue weighted by Gasteiger charge is -2.41. The fourth-order valence-electron chi connectivity index (χ4n) is 4.43. The van der Waals surface area contributed by atoms with E-state index in [2.05, 4.69) is 62.1 Å². The van der Waals surface area contributed by atoms with Crippen molar-refractivity contribution in [2.45, 2.75) is 103 Å². The van der Waals surface area contributed by atoms with Crippen LogP contribution in [-0.2, 0) is 30.3 Å². The summed E-state index contributed by atoms with van der Waals surface area (Å²) in [6.07, 6.45) is 4.62. The minimum absolute atomic E-state index is 0.0425. The Morgan fingerprint density at radius 3 is 2.24 bits per heavy atom. The van der Waals surface area contributed by atoms with Crippen molar-refractivity contribution in [1.82, 2.24) is 0 Å². The number of hydrogen-bond donors (Lipinski definition) is 0. The number of ether oxygens (including phenoxy) is 5. The standard InChI is InChI=1S/C27H41IO5/c1-19(14-24-16-25(17-28)33-26(32-24)27(3,4)5)13-23-15-22(30-20(2)31-23)11-12-29-18-21-9-7-6-8-10-21/h6-10,20,22-26H,1,11-18H2,2-5H3/t20-,22-,23-,24+,25-,26-/m1/s1. The summed E-state index contributed by atoms with van der Waals surface area (Å²) in [5, 5.41) is 0. The molecule has 6 heteroatoms. The number of rotatable bonds is 10. The summed E-state index contributed by atoms with van der Waals surface area (Å²) < 4.78 is 31.4. The molecule has 0 amide bonds. The molecule has 0 saturated carbocycles. The zero-order chi connectivity index (χ0) is 23.8. The quantitative estimate of drug-likeness (QED) is 0.140. The molecule has 0 N–H and O–H groups in total. The van der Waals surface area contributed by atoms with Crippen LogP contribution in [0.3, 0.4) is 0 Å². The van der Waals surface area contributed by atoms with Crippen LogP contribution in [0.1, 0.15) is 65.4 Å². The molecule has 0 radical (unpaired) electrons. The molecule has 186 valence electrons. The SMILES string of the molecule is C=C(C[C@@H]1C[C@@H](CCOCc2ccccc2)O[C@@H](C)O1)C[C@H]1C[C@H](CI)O[C@H](C(C)(C)C)O1. The summed E-state index contributed by atoms with van der Waals surface area (Å²) in [4.78, 5) is 0. The van der Waals surface area contributed by atoms with Gasteiger partial charge in [-0.25, -0.2) is 0 Å². The fraction of sp³-hybridized carbons (Fsp3) is 0.704. The minimum Gasteiger partial charge on any atom is -0.377 e. The fourth-order valence-corrected chi connectivity index (χ4v) is 4.99. The van der Waals surface area contributed by atoms with Gasteiger partial charge in [0.05, 0.1) is 31.0 Å². The Balaban J connectivity index is 1.42. The van der Waals surface area contributed by atoms with E-state index in [1.807, 2.05) is 25.1 Å². The lowest BCUT2D eigenvalue weighted by molar-refractivity contribution is -0.273. The Kier molecular flexibility index (Phi) is 10.7. The zero-order valence-corrected chi connectivity index (χ0v) is 22.8. The summed E-state index contributed by atoms with van der Waals surface area (Å²) >= 11 is 2.41. The summed E-state index contributed by atoms with van der Waals surface area (Å²) in [6.45, 7) is 14.2. The van der Waals surface area contributed by atoms with E-state index < -0.39 is 0 Å². The Morgan fingerprint density at radius 2 is 1.58 bits per heavy atom. The smallest absolute Gasteiger partial charge is 0.163 e. The average molecular weight is 573 g/mol. The minimum atomic E-state index is -0.205. The van der Waals surface area contributed by atoms with Gasteiger partial charge in [-0.2, -0.15) is 0 Å². The van der Waals surface area contributed by atoms with Crippen molar-refractivity contribution in [3.8, 4) is 0 Å². The van der Waals surface area contributed by atoms with Crippen LogP contribution in [0.2, 0.25) is 0 Å². The molecule has 3 rings (SSSR count). The van der Waals surface area contributed by atoms with Gasteiger partial charge < -0.3 is 23.7 Å². The molecule has 2 fully saturated rings. The molecule has 1 aromatic rings. The van der Waals surface area contributed by atoms with Gasteiger partial charge in [-0.1, -0.05) is 85.8 Å². The number of hydrogen-bond acceptors (Lipinski definition) is 5. The molecule has 2 aliphatic heterocycles. The third kappa shape index (κ3) is 9.22. The largest absolute Gasteiger partial charge is 0.377 e. The van der Waals surface area contributed by atoms with Crippen molar-refractivity contribution in [2.24, 2.45) is 5.41 Å². The van der Waals surface area contributed by atoms with E-state index in [-0.39, 0.29) is 42.4 Å². The topological polar surface area (TPSA) is 46.2 Å². The van der Waals surface area contributed by atoms with Crippen LogP contribution in [0.5, 0.6) is 0 Å². The Labute approximate surface area is 213 Å². The summed E-state index contributed by atoms with van der Waals surface area (Å²) in [7, 11) is 0. The molecule has 0 bridgehead atoms. The molecule has 0 aromatic heterocycles. The van der Waals surface area contributed by atoms with E-state index in [9.17, 15) is 0 Å². The molecule has 1 aromatic carbocycles. The van der Waals surface area contributed by atoms with Crippen LogP contribution in [-0.4, -0.2) is 48.0 Å². The van der Waals surface area contributed by atoms with Crippen LogP contribution in [0.25, 0.3) is 0 Å². The van der Waals surface area contributed by atoms with Crippen LogP contribution >= 0.6 is 22.6 Å². The first kappa shape index (κ1) is 27.1. The molecule has 0 aliphatic carbocycles. The van der Waals surface area contributed by atoms with Gasteiger partial charge >= 0.3 is 0 Å². The molecule has 33 heavy (non-hydrogen) atoms. The van der Waals surface area contributed by atoms with Crippen molar-refractivity contribution in [3.63, 3.8) is 0 Å². The van der Waals surface area contributed by atoms with E-state index >= 15 is 0 Å². The summed E-state index contributed by atoms with van der Waals surface area (Å²) in [5.41, 5.74) is 2.33. The third-order valence-corrected chi connectivity index (χ3v) is 7.04. The van der Waals surface area contributed by atoms with Crippen LogP contribution in [0.4, 0.5) is 0 Å². The average Bonchev–Trinajstić information content (AvgIpc) is 2.76. The molecular weight excluding hydrogens is 531 g/mol. The Morgan fingerprint density at radius 1 is 0.970 bits per heavy atom. The van der Waals surface area contributed by atoms with Crippen molar-refractivity contribution in [2.75, 3.05) is 11.0 Å². The van der Waals surface area contributed by atoms with E-state index in [1.165, 1.54) is 11.1 Å². The van der Waals surface area contributed by atoms with Gasteiger partial charge in [-0.05, 0) is 31.7 Å². The lowest BCUT2D eigenvalue weighted by atomic mass is 9.92. The molecule has 2 aliphatic rings. The third-order valence-electron chi connectivity index (χ3n) is 6.06. The highest BCUT2D eigenvalue weighted by atomic mass is 127. The molecule has 2 heterocycles. The van der Waals surface area contributed by atoms with Gasteiger partial charge in [0.2, 0.25) is 0 Å². The number of benzene rings is 1. The van der Waals surface area contributed by atoms with Crippen LogP contribution in [0, 0.1) is 5.41 Å². The van der Waals surface area contributed by atoms with Crippen molar-refractivity contribution < 1.29 is 23.7 Å². The Bertz CT molecular complexity index is 719. The van der Waals surface area contributed by atoms with Crippen LogP contribution < -0.4 is 0 Å². The monoisotopic (exact) mass is 572 g/mol. The summed E-state index contributed by atoms with van der Waals surface area (Å²) in [5.74, 6) is 0. The summed E-state index contributed by atoms with van der Waals surface area (Å²) in [6, 6.07) is 10.3. The molecule has 0 unspecified atom stereocenters. The van der Waals surface area contributed by atoms with Gasteiger partial charge in [0.1, 0.15) is 0 Å². The predicted molar refractivity (Wildman–Crippen MR) is 139 cm³/mol. The number of halogens is 1. The number of alkyl halides is 1. The van der Waals surface area contributed by atoms with Gasteiger partial charge in [0.25, 0.3) is 0 Å². The molecule has 5 nitrogen and oxygen atoms in total. The first-order valence-corrected chi connectivity index (χ1v) is 13.7. The second-order valence-electron chi connectivity index (χ2n) is 10.4. The van der Waals surface area contributed by atoms with E-state index in [4.69, 9.17) is 23.7 Å². The normalized spacial score (nSPS) is 30.8. The second kappa shape index (κ2) is 13.0. The van der Waals surface area contributed by atoms with Crippen LogP contribution in [0.15, 0.2) is 42.5 Å². The molecular formula is C27H41IO5. The maximum Gasteiger partial charge on any atom is 0.163 e. The first-order valence-electron chi connectivity index (χ1n) is 12.2. The first-order chi connectivity index (χ1) is 15.7. The zero-order valence-electron chi connectivity index (χ0n) is 20.6. The van der Waals surface area contributed by atoms with Gasteiger partial charge in [0.15, 0.2) is 12.6 Å².